The monoisotopic (exact) mass is 545 g/mol. The molecule has 8 rings (SSSR count). The maximum absolute atomic E-state index is 6.82. The van der Waals surface area contributed by atoms with E-state index in [1.54, 1.807) is 0 Å². The normalized spacial score (nSPS) is 12.3. The summed E-state index contributed by atoms with van der Waals surface area (Å²) in [4.78, 5) is 2.31. The zero-order valence-electron chi connectivity index (χ0n) is 24.2. The first kappa shape index (κ1) is 24.8. The molecule has 6 aromatic carbocycles. The quantitative estimate of drug-likeness (QED) is 0.221. The van der Waals surface area contributed by atoms with E-state index in [1.807, 2.05) is 0 Å². The molecule has 0 fully saturated rings. The summed E-state index contributed by atoms with van der Waals surface area (Å²) in [6.07, 6.45) is 0. The number of hydrogen-bond acceptors (Lipinski definition) is 3. The predicted octanol–water partition coefficient (Wildman–Crippen LogP) is 11.7. The number of aryl methyl sites for hydroxylation is 1. The second-order valence-electron chi connectivity index (χ2n) is 12.3. The van der Waals surface area contributed by atoms with Crippen molar-refractivity contribution in [2.45, 2.75) is 33.1 Å². The van der Waals surface area contributed by atoms with Gasteiger partial charge in [0.2, 0.25) is 0 Å². The molecule has 0 N–H and O–H groups in total. The van der Waals surface area contributed by atoms with Gasteiger partial charge in [-0.15, -0.1) is 0 Å². The maximum Gasteiger partial charge on any atom is 0.159 e. The lowest BCUT2D eigenvalue weighted by Crippen LogP contribution is -2.11. The second-order valence-corrected chi connectivity index (χ2v) is 12.3. The molecule has 8 aromatic rings. The number of para-hydroxylation sites is 3. The van der Waals surface area contributed by atoms with E-state index < -0.39 is 0 Å². The molecule has 2 heterocycles. The van der Waals surface area contributed by atoms with Crippen molar-refractivity contribution in [2.75, 3.05) is 4.90 Å². The number of benzene rings is 6. The second kappa shape index (κ2) is 8.99. The summed E-state index contributed by atoms with van der Waals surface area (Å²) < 4.78 is 13.3. The van der Waals surface area contributed by atoms with Crippen LogP contribution in [0.5, 0.6) is 0 Å². The largest absolute Gasteiger partial charge is 0.456 e. The zero-order valence-corrected chi connectivity index (χ0v) is 24.2. The summed E-state index contributed by atoms with van der Waals surface area (Å²) in [5, 5.41) is 6.95. The van der Waals surface area contributed by atoms with Crippen LogP contribution in [0.25, 0.3) is 54.6 Å². The number of rotatable bonds is 3. The van der Waals surface area contributed by atoms with Crippen molar-refractivity contribution in [3.05, 3.63) is 126 Å². The first-order chi connectivity index (χ1) is 20.4. The van der Waals surface area contributed by atoms with E-state index in [0.717, 1.165) is 60.9 Å². The molecule has 0 radical (unpaired) electrons. The fourth-order valence-corrected chi connectivity index (χ4v) is 6.47. The van der Waals surface area contributed by atoms with Crippen LogP contribution in [0.15, 0.2) is 124 Å². The molecule has 42 heavy (non-hydrogen) atoms. The molecule has 0 aliphatic carbocycles. The summed E-state index contributed by atoms with van der Waals surface area (Å²) in [5.41, 5.74) is 9.06. The molecular weight excluding hydrogens is 514 g/mol. The minimum Gasteiger partial charge on any atom is -0.456 e. The molecule has 204 valence electrons. The molecule has 0 bridgehead atoms. The van der Waals surface area contributed by atoms with Gasteiger partial charge >= 0.3 is 0 Å². The van der Waals surface area contributed by atoms with Crippen LogP contribution in [0.2, 0.25) is 0 Å². The Morgan fingerprint density at radius 2 is 1.26 bits per heavy atom. The Bertz CT molecular complexity index is 2310. The van der Waals surface area contributed by atoms with Crippen LogP contribution in [-0.4, -0.2) is 0 Å². The van der Waals surface area contributed by atoms with Crippen LogP contribution < -0.4 is 4.90 Å². The summed E-state index contributed by atoms with van der Waals surface area (Å²) in [6.45, 7) is 8.87. The zero-order chi connectivity index (χ0) is 28.6. The van der Waals surface area contributed by atoms with E-state index in [9.17, 15) is 0 Å². The van der Waals surface area contributed by atoms with Crippen LogP contribution in [0.3, 0.4) is 0 Å². The Morgan fingerprint density at radius 1 is 0.548 bits per heavy atom. The van der Waals surface area contributed by atoms with Crippen molar-refractivity contribution in [2.24, 2.45) is 0 Å². The summed E-state index contributed by atoms with van der Waals surface area (Å²) in [7, 11) is 0. The number of anilines is 3. The van der Waals surface area contributed by atoms with Crippen LogP contribution in [0, 0.1) is 6.92 Å². The molecule has 3 heteroatoms. The minimum atomic E-state index is -0.0419. The third-order valence-corrected chi connectivity index (χ3v) is 8.51. The molecule has 0 spiro atoms. The van der Waals surface area contributed by atoms with Crippen molar-refractivity contribution in [1.82, 2.24) is 0 Å². The molecule has 2 aromatic heterocycles. The maximum atomic E-state index is 6.82. The standard InChI is InChI=1S/C39H31NO2/c1-24-11-5-8-17-32(24)40(33-18-10-15-29-28-14-9-16-31(39(2,3)4)37(28)42-38(29)33)26-20-21-30-35(23-26)41-34-22-19-25-12-6-7-13-27(25)36(30)34/h5-23H,1-4H3. The third kappa shape index (κ3) is 3.66. The Hall–Kier alpha value is -5.02. The Morgan fingerprint density at radius 3 is 2.10 bits per heavy atom. The van der Waals surface area contributed by atoms with Gasteiger partial charge in [0.25, 0.3) is 0 Å². The van der Waals surface area contributed by atoms with Gasteiger partial charge in [-0.25, -0.2) is 0 Å². The highest BCUT2D eigenvalue weighted by Crippen LogP contribution is 2.46. The molecule has 0 aliphatic heterocycles. The highest BCUT2D eigenvalue weighted by atomic mass is 16.3. The Kier molecular flexibility index (Phi) is 5.30. The van der Waals surface area contributed by atoms with E-state index in [4.69, 9.17) is 8.83 Å². The first-order valence-corrected chi connectivity index (χ1v) is 14.5. The van der Waals surface area contributed by atoms with E-state index in [2.05, 4.69) is 148 Å². The highest BCUT2D eigenvalue weighted by Gasteiger charge is 2.24. The SMILES string of the molecule is Cc1ccccc1N(c1ccc2c(c1)oc1ccc3ccccc3c12)c1cccc2c1oc1c(C(C)(C)C)cccc12. The molecule has 0 aliphatic rings. The first-order valence-electron chi connectivity index (χ1n) is 14.5. The smallest absolute Gasteiger partial charge is 0.159 e. The van der Waals surface area contributed by atoms with Gasteiger partial charge in [-0.2, -0.15) is 0 Å². The molecule has 0 saturated carbocycles. The van der Waals surface area contributed by atoms with E-state index in [-0.39, 0.29) is 5.41 Å². The number of fused-ring (bicyclic) bond motifs is 8. The number of nitrogens with zero attached hydrogens (tertiary/aromatic N) is 1. The van der Waals surface area contributed by atoms with Gasteiger partial charge in [-0.3, -0.25) is 0 Å². The molecule has 0 atom stereocenters. The van der Waals surface area contributed by atoms with Crippen molar-refractivity contribution in [3.8, 4) is 0 Å². The summed E-state index contributed by atoms with van der Waals surface area (Å²) >= 11 is 0. The number of hydrogen-bond donors (Lipinski definition) is 0. The summed E-state index contributed by atoms with van der Waals surface area (Å²) in [5.74, 6) is 0. The molecule has 3 nitrogen and oxygen atoms in total. The van der Waals surface area contributed by atoms with Gasteiger partial charge in [0.1, 0.15) is 16.7 Å². The lowest BCUT2D eigenvalue weighted by molar-refractivity contribution is 0.573. The topological polar surface area (TPSA) is 29.5 Å². The lowest BCUT2D eigenvalue weighted by Gasteiger charge is -2.27. The number of furan rings is 2. The lowest BCUT2D eigenvalue weighted by atomic mass is 9.86. The van der Waals surface area contributed by atoms with Gasteiger partial charge < -0.3 is 13.7 Å². The molecular formula is C39H31NO2. The van der Waals surface area contributed by atoms with Crippen molar-refractivity contribution < 1.29 is 8.83 Å². The van der Waals surface area contributed by atoms with E-state index >= 15 is 0 Å². The van der Waals surface area contributed by atoms with Crippen LogP contribution in [-0.2, 0) is 5.41 Å². The molecule has 0 saturated heterocycles. The third-order valence-electron chi connectivity index (χ3n) is 8.51. The fourth-order valence-electron chi connectivity index (χ4n) is 6.47. The van der Waals surface area contributed by atoms with E-state index in [0.29, 0.717) is 0 Å². The van der Waals surface area contributed by atoms with Crippen molar-refractivity contribution in [1.29, 1.82) is 0 Å². The predicted molar refractivity (Wildman–Crippen MR) is 177 cm³/mol. The van der Waals surface area contributed by atoms with Crippen molar-refractivity contribution in [3.63, 3.8) is 0 Å². The van der Waals surface area contributed by atoms with Crippen LogP contribution in [0.1, 0.15) is 31.9 Å². The minimum absolute atomic E-state index is 0.0419. The average Bonchev–Trinajstić information content (AvgIpc) is 3.56. The fraction of sp³-hybridized carbons (Fsp3) is 0.128. The Labute approximate surface area is 244 Å². The van der Waals surface area contributed by atoms with Gasteiger partial charge in [-0.05, 0) is 59.0 Å². The van der Waals surface area contributed by atoms with Crippen LogP contribution in [0.4, 0.5) is 17.1 Å². The highest BCUT2D eigenvalue weighted by molar-refractivity contribution is 6.19. The van der Waals surface area contributed by atoms with Gasteiger partial charge in [0, 0.05) is 38.9 Å². The summed E-state index contributed by atoms with van der Waals surface area (Å²) in [6, 6.07) is 40.7. The van der Waals surface area contributed by atoms with Gasteiger partial charge in [0.05, 0.1) is 11.4 Å². The Balaban J connectivity index is 1.41. The van der Waals surface area contributed by atoms with Gasteiger partial charge in [0.15, 0.2) is 5.58 Å². The van der Waals surface area contributed by atoms with Gasteiger partial charge in [-0.1, -0.05) is 99.6 Å². The molecule has 0 unspecified atom stereocenters. The van der Waals surface area contributed by atoms with E-state index in [1.165, 1.54) is 21.9 Å². The average molecular weight is 546 g/mol. The van der Waals surface area contributed by atoms with Crippen LogP contribution >= 0.6 is 0 Å². The molecule has 0 amide bonds. The van der Waals surface area contributed by atoms with Crippen molar-refractivity contribution >= 4 is 71.7 Å².